The van der Waals surface area contributed by atoms with Crippen molar-refractivity contribution >= 4 is 11.7 Å². The highest BCUT2D eigenvalue weighted by atomic mass is 19.4. The third-order valence-corrected chi connectivity index (χ3v) is 4.84. The number of benzene rings is 2. The van der Waals surface area contributed by atoms with Crippen molar-refractivity contribution in [3.63, 3.8) is 0 Å². The Bertz CT molecular complexity index is 1230. The summed E-state index contributed by atoms with van der Waals surface area (Å²) in [7, 11) is 0. The Morgan fingerprint density at radius 1 is 1.15 bits per heavy atom. The highest BCUT2D eigenvalue weighted by Crippen LogP contribution is 2.33. The molecule has 7 nitrogen and oxygen atoms in total. The number of rotatable bonds is 6. The quantitative estimate of drug-likeness (QED) is 0.418. The summed E-state index contributed by atoms with van der Waals surface area (Å²) in [6.45, 7) is 2.20. The Morgan fingerprint density at radius 3 is 2.64 bits per heavy atom. The van der Waals surface area contributed by atoms with E-state index in [1.165, 1.54) is 23.2 Å². The summed E-state index contributed by atoms with van der Waals surface area (Å²) in [6, 6.07) is 11.8. The summed E-state index contributed by atoms with van der Waals surface area (Å²) in [6.07, 6.45) is 0.415. The number of halogens is 3. The number of carbonyl (C=O) groups is 1. The minimum Gasteiger partial charge on any atom is -0.444 e. The molecule has 0 spiro atoms. The summed E-state index contributed by atoms with van der Waals surface area (Å²) in [5.41, 5.74) is 2.02. The van der Waals surface area contributed by atoms with Crippen LogP contribution in [0.2, 0.25) is 0 Å². The lowest BCUT2D eigenvalue weighted by Crippen LogP contribution is -2.31. The third-order valence-electron chi connectivity index (χ3n) is 4.84. The molecule has 2 N–H and O–H groups in total. The SMILES string of the molecule is Cc1ccc(-c2nc(CCNC(=O)Nc3cc(C(F)(F)F)ccc3-n3cccn3)co2)cc1. The Kier molecular flexibility index (Phi) is 6.16. The second kappa shape index (κ2) is 9.19. The number of hydrogen-bond acceptors (Lipinski definition) is 4. The number of nitrogens with one attached hydrogen (secondary N) is 2. The molecule has 0 aliphatic carbocycles. The van der Waals surface area contributed by atoms with Gasteiger partial charge in [-0.1, -0.05) is 17.7 Å². The maximum atomic E-state index is 13.1. The average Bonchev–Trinajstić information content (AvgIpc) is 3.46. The van der Waals surface area contributed by atoms with E-state index in [0.29, 0.717) is 23.7 Å². The number of anilines is 1. The van der Waals surface area contributed by atoms with Crippen molar-refractivity contribution < 1.29 is 22.4 Å². The van der Waals surface area contributed by atoms with E-state index in [1.807, 2.05) is 31.2 Å². The number of aromatic nitrogens is 3. The van der Waals surface area contributed by atoms with Crippen LogP contribution < -0.4 is 10.6 Å². The average molecular weight is 455 g/mol. The van der Waals surface area contributed by atoms with Gasteiger partial charge >= 0.3 is 12.2 Å². The van der Waals surface area contributed by atoms with Gasteiger partial charge in [-0.3, -0.25) is 0 Å². The van der Waals surface area contributed by atoms with Crippen LogP contribution in [0, 0.1) is 6.92 Å². The van der Waals surface area contributed by atoms with E-state index >= 15 is 0 Å². The second-order valence-electron chi connectivity index (χ2n) is 7.32. The fourth-order valence-corrected chi connectivity index (χ4v) is 3.14. The van der Waals surface area contributed by atoms with Crippen LogP contribution in [0.15, 0.2) is 71.6 Å². The molecular formula is C23H20F3N5O2. The number of carbonyl (C=O) groups excluding carboxylic acids is 1. The molecule has 4 aromatic rings. The summed E-state index contributed by atoms with van der Waals surface area (Å²) in [5.74, 6) is 0.474. The van der Waals surface area contributed by atoms with E-state index in [4.69, 9.17) is 4.42 Å². The second-order valence-corrected chi connectivity index (χ2v) is 7.32. The van der Waals surface area contributed by atoms with E-state index in [0.717, 1.165) is 23.3 Å². The fraction of sp³-hybridized carbons (Fsp3) is 0.174. The molecule has 2 aromatic heterocycles. The van der Waals surface area contributed by atoms with Crippen LogP contribution in [0.25, 0.3) is 17.1 Å². The molecule has 0 fully saturated rings. The normalized spacial score (nSPS) is 11.4. The van der Waals surface area contributed by atoms with Crippen LogP contribution in [0.5, 0.6) is 0 Å². The Hall–Kier alpha value is -4.08. The molecule has 0 aliphatic rings. The molecule has 0 unspecified atom stereocenters. The highest BCUT2D eigenvalue weighted by molar-refractivity contribution is 5.91. The van der Waals surface area contributed by atoms with Crippen molar-refractivity contribution in [3.8, 4) is 17.1 Å². The number of amides is 2. The molecule has 4 rings (SSSR count). The van der Waals surface area contributed by atoms with Crippen molar-refractivity contribution in [3.05, 3.63) is 84.0 Å². The van der Waals surface area contributed by atoms with Crippen molar-refractivity contribution in [2.45, 2.75) is 19.5 Å². The number of hydrogen-bond donors (Lipinski definition) is 2. The van der Waals surface area contributed by atoms with Gasteiger partial charge < -0.3 is 15.1 Å². The van der Waals surface area contributed by atoms with Gasteiger partial charge in [0, 0.05) is 30.9 Å². The molecule has 2 heterocycles. The smallest absolute Gasteiger partial charge is 0.416 e. The van der Waals surface area contributed by atoms with Gasteiger partial charge in [0.05, 0.1) is 22.6 Å². The molecule has 0 radical (unpaired) electrons. The zero-order chi connectivity index (χ0) is 23.4. The highest BCUT2D eigenvalue weighted by Gasteiger charge is 2.31. The maximum absolute atomic E-state index is 13.1. The lowest BCUT2D eigenvalue weighted by Gasteiger charge is -2.15. The molecule has 0 aliphatic heterocycles. The minimum atomic E-state index is -4.54. The first-order chi connectivity index (χ1) is 15.8. The van der Waals surface area contributed by atoms with Gasteiger partial charge in [0.15, 0.2) is 0 Å². The summed E-state index contributed by atoms with van der Waals surface area (Å²) < 4.78 is 46.3. The van der Waals surface area contributed by atoms with E-state index in [-0.39, 0.29) is 12.2 Å². The van der Waals surface area contributed by atoms with Gasteiger partial charge in [-0.25, -0.2) is 14.5 Å². The molecule has 0 atom stereocenters. The first kappa shape index (κ1) is 22.1. The van der Waals surface area contributed by atoms with E-state index in [9.17, 15) is 18.0 Å². The van der Waals surface area contributed by atoms with Gasteiger partial charge in [-0.2, -0.15) is 18.3 Å². The third kappa shape index (κ3) is 5.40. The standard InChI is InChI=1S/C23H20F3N5O2/c1-15-3-5-16(6-4-15)21-29-18(14-33-21)9-11-27-22(32)30-19-13-17(23(24,25)26)7-8-20(19)31-12-2-10-28-31/h2-8,10,12-14H,9,11H2,1H3,(H2,27,30,32). The predicted octanol–water partition coefficient (Wildman–Crippen LogP) is 5.22. The zero-order valence-electron chi connectivity index (χ0n) is 17.6. The monoisotopic (exact) mass is 455 g/mol. The number of aryl methyl sites for hydroxylation is 1. The van der Waals surface area contributed by atoms with Crippen molar-refractivity contribution in [2.75, 3.05) is 11.9 Å². The van der Waals surface area contributed by atoms with Crippen LogP contribution in [0.3, 0.4) is 0 Å². The molecule has 0 saturated heterocycles. The topological polar surface area (TPSA) is 85.0 Å². The first-order valence-corrected chi connectivity index (χ1v) is 10.1. The van der Waals surface area contributed by atoms with Gasteiger partial charge in [-0.05, 0) is 43.3 Å². The number of oxazole rings is 1. The van der Waals surface area contributed by atoms with Crippen LogP contribution in [0.4, 0.5) is 23.7 Å². The lowest BCUT2D eigenvalue weighted by molar-refractivity contribution is -0.137. The van der Waals surface area contributed by atoms with Crippen LogP contribution in [-0.2, 0) is 12.6 Å². The first-order valence-electron chi connectivity index (χ1n) is 10.1. The van der Waals surface area contributed by atoms with Crippen molar-refractivity contribution in [1.29, 1.82) is 0 Å². The molecular weight excluding hydrogens is 435 g/mol. The summed E-state index contributed by atoms with van der Waals surface area (Å²) in [4.78, 5) is 16.8. The Morgan fingerprint density at radius 2 is 1.94 bits per heavy atom. The van der Waals surface area contributed by atoms with Crippen LogP contribution >= 0.6 is 0 Å². The van der Waals surface area contributed by atoms with Crippen LogP contribution in [-0.4, -0.2) is 27.3 Å². The van der Waals surface area contributed by atoms with Crippen LogP contribution in [0.1, 0.15) is 16.8 Å². The predicted molar refractivity (Wildman–Crippen MR) is 116 cm³/mol. The summed E-state index contributed by atoms with van der Waals surface area (Å²) >= 11 is 0. The fourth-order valence-electron chi connectivity index (χ4n) is 3.14. The molecule has 33 heavy (non-hydrogen) atoms. The molecule has 10 heteroatoms. The van der Waals surface area contributed by atoms with E-state index < -0.39 is 17.8 Å². The number of nitrogens with zero attached hydrogens (tertiary/aromatic N) is 3. The minimum absolute atomic E-state index is 0.0193. The molecule has 0 saturated carbocycles. The molecule has 170 valence electrons. The van der Waals surface area contributed by atoms with Gasteiger partial charge in [0.1, 0.15) is 6.26 Å². The van der Waals surface area contributed by atoms with Gasteiger partial charge in [0.25, 0.3) is 0 Å². The largest absolute Gasteiger partial charge is 0.444 e. The number of alkyl halides is 3. The molecule has 2 aromatic carbocycles. The lowest BCUT2D eigenvalue weighted by atomic mass is 10.1. The Balaban J connectivity index is 1.39. The van der Waals surface area contributed by atoms with E-state index in [1.54, 1.807) is 12.3 Å². The zero-order valence-corrected chi connectivity index (χ0v) is 17.6. The number of urea groups is 1. The van der Waals surface area contributed by atoms with Gasteiger partial charge in [-0.15, -0.1) is 0 Å². The maximum Gasteiger partial charge on any atom is 0.416 e. The Labute approximate surface area is 187 Å². The molecule has 2 amide bonds. The summed E-state index contributed by atoms with van der Waals surface area (Å²) in [5, 5.41) is 9.13. The van der Waals surface area contributed by atoms with E-state index in [2.05, 4.69) is 20.7 Å². The molecule has 0 bridgehead atoms. The van der Waals surface area contributed by atoms with Crippen molar-refractivity contribution in [1.82, 2.24) is 20.1 Å². The van der Waals surface area contributed by atoms with Gasteiger partial charge in [0.2, 0.25) is 5.89 Å². The van der Waals surface area contributed by atoms with Crippen molar-refractivity contribution in [2.24, 2.45) is 0 Å².